The zero-order valence-corrected chi connectivity index (χ0v) is 19.9. The molecule has 4 aromatic rings. The molecule has 0 fully saturated rings. The minimum absolute atomic E-state index is 0.120. The maximum absolute atomic E-state index is 13.3. The summed E-state index contributed by atoms with van der Waals surface area (Å²) in [4.78, 5) is 30.1. The summed E-state index contributed by atoms with van der Waals surface area (Å²) in [6.07, 6.45) is 0. The number of nitrogens with zero attached hydrogens (tertiary/aromatic N) is 1. The van der Waals surface area contributed by atoms with Gasteiger partial charge >= 0.3 is 0 Å². The molecule has 2 amide bonds. The second kappa shape index (κ2) is 10.5. The van der Waals surface area contributed by atoms with Crippen molar-refractivity contribution in [3.63, 3.8) is 0 Å². The van der Waals surface area contributed by atoms with E-state index in [9.17, 15) is 9.59 Å². The summed E-state index contributed by atoms with van der Waals surface area (Å²) in [6, 6.07) is 25.3. The van der Waals surface area contributed by atoms with Crippen molar-refractivity contribution in [2.24, 2.45) is 0 Å². The summed E-state index contributed by atoms with van der Waals surface area (Å²) in [6.45, 7) is 3.52. The van der Waals surface area contributed by atoms with Crippen LogP contribution in [-0.2, 0) is 9.59 Å². The molecule has 1 heterocycles. The predicted octanol–water partition coefficient (Wildman–Crippen LogP) is 6.55. The number of hydrogen-bond donors (Lipinski definition) is 2. The fourth-order valence-corrected chi connectivity index (χ4v) is 4.96. The van der Waals surface area contributed by atoms with E-state index in [1.54, 1.807) is 0 Å². The van der Waals surface area contributed by atoms with Gasteiger partial charge < -0.3 is 10.6 Å². The minimum Gasteiger partial charge on any atom is -0.326 e. The monoisotopic (exact) mass is 473 g/mol. The van der Waals surface area contributed by atoms with E-state index in [0.717, 1.165) is 27.4 Å². The number of anilines is 2. The highest BCUT2D eigenvalue weighted by molar-refractivity contribution is 8.00. The van der Waals surface area contributed by atoms with E-state index in [1.807, 2.05) is 91.2 Å². The summed E-state index contributed by atoms with van der Waals surface area (Å²) in [5.41, 5.74) is 4.67. The molecule has 0 saturated heterocycles. The number of aromatic nitrogens is 1. The van der Waals surface area contributed by atoms with Gasteiger partial charge in [-0.15, -0.1) is 23.1 Å². The van der Waals surface area contributed by atoms with Crippen molar-refractivity contribution in [1.29, 1.82) is 0 Å². The Balaban J connectivity index is 1.52. The van der Waals surface area contributed by atoms with E-state index in [0.29, 0.717) is 5.13 Å². The van der Waals surface area contributed by atoms with Gasteiger partial charge in [0.25, 0.3) is 0 Å². The van der Waals surface area contributed by atoms with Gasteiger partial charge in [0, 0.05) is 28.5 Å². The van der Waals surface area contributed by atoms with E-state index in [1.165, 1.54) is 35.6 Å². The maximum Gasteiger partial charge on any atom is 0.244 e. The highest BCUT2D eigenvalue weighted by atomic mass is 32.2. The lowest BCUT2D eigenvalue weighted by Gasteiger charge is -2.16. The Morgan fingerprint density at radius 3 is 2.27 bits per heavy atom. The van der Waals surface area contributed by atoms with Crippen molar-refractivity contribution >= 4 is 45.7 Å². The van der Waals surface area contributed by atoms with Crippen LogP contribution in [0.1, 0.15) is 23.3 Å². The molecule has 0 spiro atoms. The van der Waals surface area contributed by atoms with Crippen molar-refractivity contribution in [1.82, 2.24) is 4.98 Å². The molecule has 1 atom stereocenters. The van der Waals surface area contributed by atoms with Crippen LogP contribution in [0.2, 0.25) is 0 Å². The van der Waals surface area contributed by atoms with Gasteiger partial charge in [-0.05, 0) is 36.8 Å². The Morgan fingerprint density at radius 1 is 0.909 bits per heavy atom. The first-order valence-electron chi connectivity index (χ1n) is 10.4. The van der Waals surface area contributed by atoms with Crippen LogP contribution < -0.4 is 10.6 Å². The lowest BCUT2D eigenvalue weighted by atomic mass is 10.1. The molecule has 2 N–H and O–H groups in total. The molecule has 7 heteroatoms. The Bertz CT molecular complexity index is 1240. The van der Waals surface area contributed by atoms with E-state index >= 15 is 0 Å². The fraction of sp³-hybridized carbons (Fsp3) is 0.115. The molecule has 5 nitrogen and oxygen atoms in total. The average Bonchev–Trinajstić information content (AvgIpc) is 3.27. The number of benzene rings is 3. The first-order valence-corrected chi connectivity index (χ1v) is 12.2. The summed E-state index contributed by atoms with van der Waals surface area (Å²) in [5, 5.41) is 7.81. The van der Waals surface area contributed by atoms with Crippen molar-refractivity contribution in [2.45, 2.75) is 24.0 Å². The number of rotatable bonds is 7. The Labute approximate surface area is 201 Å². The lowest BCUT2D eigenvalue weighted by molar-refractivity contribution is -0.116. The number of amides is 2. The van der Waals surface area contributed by atoms with Crippen molar-refractivity contribution in [2.75, 3.05) is 10.6 Å². The standard InChI is InChI=1S/C26H23N3O2S2/c1-17-8-10-19(11-9-17)23-16-32-26(28-23)29-25(31)24(20-6-4-3-5-7-20)33-22-14-12-21(13-15-22)27-18(2)30/h3-16,24H,1-2H3,(H,27,30)(H,28,29,31). The average molecular weight is 474 g/mol. The number of thiazole rings is 1. The normalized spacial score (nSPS) is 11.6. The molecule has 1 unspecified atom stereocenters. The number of thioether (sulfide) groups is 1. The molecule has 0 saturated carbocycles. The zero-order chi connectivity index (χ0) is 23.2. The van der Waals surface area contributed by atoms with E-state index in [4.69, 9.17) is 0 Å². The highest BCUT2D eigenvalue weighted by Crippen LogP contribution is 2.37. The molecule has 0 aliphatic heterocycles. The number of nitrogens with one attached hydrogen (secondary N) is 2. The number of aryl methyl sites for hydroxylation is 1. The van der Waals surface area contributed by atoms with Gasteiger partial charge in [-0.3, -0.25) is 9.59 Å². The SMILES string of the molecule is CC(=O)Nc1ccc(SC(C(=O)Nc2nc(-c3ccc(C)cc3)cs2)c2ccccc2)cc1. The van der Waals surface area contributed by atoms with E-state index in [-0.39, 0.29) is 11.8 Å². The molecule has 0 bridgehead atoms. The number of hydrogen-bond acceptors (Lipinski definition) is 5. The van der Waals surface area contributed by atoms with Crippen LogP contribution in [0.15, 0.2) is 89.1 Å². The summed E-state index contributed by atoms with van der Waals surface area (Å²) in [7, 11) is 0. The number of carbonyl (C=O) groups is 2. The van der Waals surface area contributed by atoms with Crippen molar-refractivity contribution < 1.29 is 9.59 Å². The van der Waals surface area contributed by atoms with Crippen molar-refractivity contribution in [3.05, 3.63) is 95.4 Å². The van der Waals surface area contributed by atoms with Crippen LogP contribution in [0.4, 0.5) is 10.8 Å². The molecule has 0 radical (unpaired) electrons. The van der Waals surface area contributed by atoms with Gasteiger partial charge in [0.15, 0.2) is 5.13 Å². The molecule has 3 aromatic carbocycles. The van der Waals surface area contributed by atoms with Gasteiger partial charge in [0.05, 0.1) is 5.69 Å². The fourth-order valence-electron chi connectivity index (χ4n) is 3.22. The van der Waals surface area contributed by atoms with Crippen molar-refractivity contribution in [3.8, 4) is 11.3 Å². The van der Waals surface area contributed by atoms with E-state index in [2.05, 4.69) is 15.6 Å². The first kappa shape index (κ1) is 22.8. The van der Waals surface area contributed by atoms with Crippen LogP contribution >= 0.6 is 23.1 Å². The topological polar surface area (TPSA) is 71.1 Å². The summed E-state index contributed by atoms with van der Waals surface area (Å²) >= 11 is 2.86. The minimum atomic E-state index is -0.454. The Hall–Kier alpha value is -3.42. The predicted molar refractivity (Wildman–Crippen MR) is 137 cm³/mol. The van der Waals surface area contributed by atoms with Crippen LogP contribution in [0.3, 0.4) is 0 Å². The third-order valence-electron chi connectivity index (χ3n) is 4.85. The lowest BCUT2D eigenvalue weighted by Crippen LogP contribution is -2.19. The van der Waals surface area contributed by atoms with Gasteiger partial charge in [-0.2, -0.15) is 0 Å². The van der Waals surface area contributed by atoms with Gasteiger partial charge in [-0.25, -0.2) is 4.98 Å². The number of carbonyl (C=O) groups excluding carboxylic acids is 2. The van der Waals surface area contributed by atoms with Gasteiger partial charge in [0.1, 0.15) is 5.25 Å². The third-order valence-corrected chi connectivity index (χ3v) is 6.87. The Kier molecular flexibility index (Phi) is 7.22. The molecular weight excluding hydrogens is 450 g/mol. The van der Waals surface area contributed by atoms with Gasteiger partial charge in [-0.1, -0.05) is 60.2 Å². The van der Waals surface area contributed by atoms with Gasteiger partial charge in [0.2, 0.25) is 11.8 Å². The maximum atomic E-state index is 13.3. The molecule has 0 aliphatic rings. The molecule has 166 valence electrons. The second-order valence-electron chi connectivity index (χ2n) is 7.51. The van der Waals surface area contributed by atoms with Crippen LogP contribution in [0.25, 0.3) is 11.3 Å². The molecular formula is C26H23N3O2S2. The third kappa shape index (κ3) is 6.09. The van der Waals surface area contributed by atoms with Crippen LogP contribution in [-0.4, -0.2) is 16.8 Å². The van der Waals surface area contributed by atoms with Crippen LogP contribution in [0.5, 0.6) is 0 Å². The zero-order valence-electron chi connectivity index (χ0n) is 18.2. The van der Waals surface area contributed by atoms with Crippen LogP contribution in [0, 0.1) is 6.92 Å². The summed E-state index contributed by atoms with van der Waals surface area (Å²) in [5.74, 6) is -0.257. The summed E-state index contributed by atoms with van der Waals surface area (Å²) < 4.78 is 0. The molecule has 4 rings (SSSR count). The smallest absolute Gasteiger partial charge is 0.244 e. The largest absolute Gasteiger partial charge is 0.326 e. The Morgan fingerprint density at radius 2 is 1.61 bits per heavy atom. The second-order valence-corrected chi connectivity index (χ2v) is 9.54. The molecule has 0 aliphatic carbocycles. The molecule has 1 aromatic heterocycles. The first-order chi connectivity index (χ1) is 16.0. The van der Waals surface area contributed by atoms with E-state index < -0.39 is 5.25 Å². The molecule has 33 heavy (non-hydrogen) atoms. The highest BCUT2D eigenvalue weighted by Gasteiger charge is 2.23. The quantitative estimate of drug-likeness (QED) is 0.299.